The number of guanidine groups is 2. The van der Waals surface area contributed by atoms with Crippen molar-refractivity contribution in [3.63, 3.8) is 0 Å². The van der Waals surface area contributed by atoms with Gasteiger partial charge in [-0.05, 0) is 45.2 Å². The summed E-state index contributed by atoms with van der Waals surface area (Å²) in [4.78, 5) is 4.82. The third-order valence-corrected chi connectivity index (χ3v) is 6.03. The zero-order chi connectivity index (χ0) is 21.8. The van der Waals surface area contributed by atoms with Gasteiger partial charge in [0.1, 0.15) is 0 Å². The predicted octanol–water partition coefficient (Wildman–Crippen LogP) is 5.13. The van der Waals surface area contributed by atoms with E-state index in [2.05, 4.69) is 53.9 Å². The van der Waals surface area contributed by atoms with Crippen molar-refractivity contribution in [2.75, 3.05) is 5.32 Å². The first-order valence-corrected chi connectivity index (χ1v) is 10.3. The molecule has 0 spiro atoms. The van der Waals surface area contributed by atoms with E-state index in [4.69, 9.17) is 22.0 Å². The monoisotopic (exact) mass is 416 g/mol. The van der Waals surface area contributed by atoms with E-state index in [0.29, 0.717) is 0 Å². The molecule has 2 aliphatic rings. The quantitative estimate of drug-likeness (QED) is 0.136. The maximum atomic E-state index is 7.88. The van der Waals surface area contributed by atoms with Crippen LogP contribution in [0, 0.1) is 5.41 Å². The van der Waals surface area contributed by atoms with E-state index in [1.807, 2.05) is 36.4 Å². The minimum absolute atomic E-state index is 0.274. The Bertz CT molecular complexity index is 1520. The van der Waals surface area contributed by atoms with Gasteiger partial charge < -0.3 is 11.1 Å². The molecule has 6 nitrogen and oxygen atoms in total. The molecule has 0 bridgehead atoms. The lowest BCUT2D eigenvalue weighted by atomic mass is 10.0. The Balaban J connectivity index is 1.50. The van der Waals surface area contributed by atoms with Crippen LogP contribution in [-0.2, 0) is 0 Å². The first-order valence-electron chi connectivity index (χ1n) is 10.3. The first-order chi connectivity index (χ1) is 15.6. The van der Waals surface area contributed by atoms with Crippen molar-refractivity contribution in [2.24, 2.45) is 16.6 Å². The van der Waals surface area contributed by atoms with Crippen LogP contribution in [0.2, 0.25) is 0 Å². The van der Waals surface area contributed by atoms with Crippen molar-refractivity contribution in [1.82, 2.24) is 5.01 Å². The third kappa shape index (κ3) is 2.71. The summed E-state index contributed by atoms with van der Waals surface area (Å²) in [7, 11) is 0. The van der Waals surface area contributed by atoms with Gasteiger partial charge in [0.15, 0.2) is 0 Å². The van der Waals surface area contributed by atoms with Crippen LogP contribution in [0.5, 0.6) is 0 Å². The molecule has 2 aliphatic carbocycles. The average molecular weight is 416 g/mol. The maximum absolute atomic E-state index is 7.88. The average Bonchev–Trinajstić information content (AvgIpc) is 3.42. The van der Waals surface area contributed by atoms with E-state index < -0.39 is 0 Å². The van der Waals surface area contributed by atoms with E-state index in [9.17, 15) is 0 Å². The molecule has 0 amide bonds. The van der Waals surface area contributed by atoms with Gasteiger partial charge in [0, 0.05) is 16.5 Å². The summed E-state index contributed by atoms with van der Waals surface area (Å²) < 4.78 is 0. The standard InChI is InChI=1S/C26H20N6/c27-25(28)32(29)26(30-21-13-11-17-9-7-15-3-1-5-19(21)23(15)17)31-22-14-12-18-10-8-16-4-2-6-20(22)24(16)18/h1-14H,29H2,(H3,27,28)(H,30,31). The van der Waals surface area contributed by atoms with Crippen molar-refractivity contribution >= 4 is 69.1 Å². The number of hydrazine groups is 1. The Morgan fingerprint density at radius 3 is 1.97 bits per heavy atom. The number of hydrogen-bond donors (Lipinski definition) is 4. The summed E-state index contributed by atoms with van der Waals surface area (Å²) in [6.07, 6.45) is 8.44. The molecule has 6 N–H and O–H groups in total. The zero-order valence-corrected chi connectivity index (χ0v) is 17.1. The largest absolute Gasteiger partial charge is 0.369 e. The van der Waals surface area contributed by atoms with Crippen LogP contribution in [0.25, 0.3) is 45.8 Å². The smallest absolute Gasteiger partial charge is 0.225 e. The predicted molar refractivity (Wildman–Crippen MR) is 134 cm³/mol. The van der Waals surface area contributed by atoms with Gasteiger partial charge in [-0.25, -0.2) is 15.8 Å². The van der Waals surface area contributed by atoms with Crippen LogP contribution >= 0.6 is 0 Å². The van der Waals surface area contributed by atoms with E-state index >= 15 is 0 Å². The van der Waals surface area contributed by atoms with Crippen LogP contribution in [0.3, 0.4) is 0 Å². The molecule has 6 rings (SSSR count). The fraction of sp³-hybridized carbons (Fsp3) is 0. The number of nitrogens with one attached hydrogen (secondary N) is 2. The maximum Gasteiger partial charge on any atom is 0.225 e. The summed E-state index contributed by atoms with van der Waals surface area (Å²) >= 11 is 0. The molecule has 0 atom stereocenters. The van der Waals surface area contributed by atoms with Gasteiger partial charge in [-0.2, -0.15) is 0 Å². The number of hydrogen-bond acceptors (Lipinski definition) is 3. The van der Waals surface area contributed by atoms with E-state index in [-0.39, 0.29) is 11.9 Å². The van der Waals surface area contributed by atoms with Crippen LogP contribution < -0.4 is 16.9 Å². The second-order valence-electron chi connectivity index (χ2n) is 7.90. The fourth-order valence-corrected chi connectivity index (χ4v) is 4.52. The van der Waals surface area contributed by atoms with Gasteiger partial charge in [0.05, 0.1) is 5.69 Å². The molecule has 0 heterocycles. The Morgan fingerprint density at radius 1 is 0.750 bits per heavy atom. The van der Waals surface area contributed by atoms with Gasteiger partial charge in [-0.1, -0.05) is 72.8 Å². The fourth-order valence-electron chi connectivity index (χ4n) is 4.52. The molecule has 0 aromatic heterocycles. The highest BCUT2D eigenvalue weighted by Gasteiger charge is 2.17. The number of nitrogens with zero attached hydrogens (tertiary/aromatic N) is 2. The summed E-state index contributed by atoms with van der Waals surface area (Å²) in [5.74, 6) is 6.12. The molecular weight excluding hydrogens is 396 g/mol. The summed E-state index contributed by atoms with van der Waals surface area (Å²) in [5.41, 5.74) is 12.0. The van der Waals surface area contributed by atoms with Gasteiger partial charge in [0.2, 0.25) is 11.9 Å². The van der Waals surface area contributed by atoms with E-state index in [0.717, 1.165) is 32.5 Å². The van der Waals surface area contributed by atoms with Crippen molar-refractivity contribution in [3.8, 4) is 0 Å². The first kappa shape index (κ1) is 18.4. The van der Waals surface area contributed by atoms with E-state index in [1.165, 1.54) is 27.6 Å². The zero-order valence-electron chi connectivity index (χ0n) is 17.1. The van der Waals surface area contributed by atoms with Gasteiger partial charge in [-0.3, -0.25) is 5.41 Å². The Morgan fingerprint density at radius 2 is 1.31 bits per heavy atom. The molecular formula is C26H20N6. The van der Waals surface area contributed by atoms with Crippen molar-refractivity contribution in [3.05, 3.63) is 82.9 Å². The molecule has 0 unspecified atom stereocenters. The molecule has 32 heavy (non-hydrogen) atoms. The summed E-state index contributed by atoms with van der Waals surface area (Å²) in [5, 5.41) is 16.7. The minimum Gasteiger partial charge on any atom is -0.369 e. The van der Waals surface area contributed by atoms with Crippen LogP contribution in [0.15, 0.2) is 65.7 Å². The molecule has 4 aromatic carbocycles. The molecule has 6 heteroatoms. The normalized spacial score (nSPS) is 13.3. The van der Waals surface area contributed by atoms with Crippen molar-refractivity contribution < 1.29 is 0 Å². The van der Waals surface area contributed by atoms with Crippen molar-refractivity contribution in [2.45, 2.75) is 0 Å². The second-order valence-corrected chi connectivity index (χ2v) is 7.90. The highest BCUT2D eigenvalue weighted by atomic mass is 15.5. The molecule has 0 aliphatic heterocycles. The number of rotatable bonds is 2. The van der Waals surface area contributed by atoms with Gasteiger partial charge in [0.25, 0.3) is 0 Å². The topological polar surface area (TPSA) is 104 Å². The SMILES string of the molecule is N=C(N)N(N)C(=Nc1ccc2c3c(cccc13)C=C2)Nc1ccc2c3c(cccc13)C=C2. The van der Waals surface area contributed by atoms with Crippen LogP contribution in [0.1, 0.15) is 22.3 Å². The molecule has 0 saturated carbocycles. The lowest BCUT2D eigenvalue weighted by Gasteiger charge is -2.21. The number of anilines is 1. The highest BCUT2D eigenvalue weighted by Crippen LogP contribution is 2.38. The summed E-state index contributed by atoms with van der Waals surface area (Å²) in [6.45, 7) is 0. The Hall–Kier alpha value is -4.42. The highest BCUT2D eigenvalue weighted by molar-refractivity contribution is 6.15. The third-order valence-electron chi connectivity index (χ3n) is 6.03. The second kappa shape index (κ2) is 6.80. The molecule has 0 fully saturated rings. The summed E-state index contributed by atoms with van der Waals surface area (Å²) in [6, 6.07) is 20.4. The van der Waals surface area contributed by atoms with Gasteiger partial charge in [-0.15, -0.1) is 0 Å². The lowest BCUT2D eigenvalue weighted by molar-refractivity contribution is 0.638. The molecule has 0 saturated heterocycles. The number of aliphatic imine (C=N–C) groups is 1. The Labute approximate surface area is 184 Å². The number of nitrogens with two attached hydrogens (primary N) is 2. The Kier molecular flexibility index (Phi) is 3.90. The van der Waals surface area contributed by atoms with Crippen LogP contribution in [0.4, 0.5) is 11.4 Å². The molecule has 154 valence electrons. The number of benzene rings is 4. The minimum atomic E-state index is -0.309. The van der Waals surface area contributed by atoms with Crippen LogP contribution in [-0.4, -0.2) is 16.9 Å². The van der Waals surface area contributed by atoms with Crippen molar-refractivity contribution in [1.29, 1.82) is 5.41 Å². The molecule has 0 radical (unpaired) electrons. The van der Waals surface area contributed by atoms with E-state index in [1.54, 1.807) is 0 Å². The van der Waals surface area contributed by atoms with Gasteiger partial charge >= 0.3 is 0 Å². The molecule has 4 aromatic rings. The lowest BCUT2D eigenvalue weighted by Crippen LogP contribution is -2.49.